The molecule has 130 valence electrons. The highest BCUT2D eigenvalue weighted by atomic mass is 32.1. The van der Waals surface area contributed by atoms with E-state index < -0.39 is 10.8 Å². The van der Waals surface area contributed by atoms with Crippen molar-refractivity contribution < 1.29 is 14.5 Å². The van der Waals surface area contributed by atoms with E-state index in [0.717, 1.165) is 17.7 Å². The number of non-ortho nitro benzene ring substituents is 1. The molecular formula is C17H17N3O4S. The summed E-state index contributed by atoms with van der Waals surface area (Å²) in [6.45, 7) is 0.428. The van der Waals surface area contributed by atoms with E-state index in [0.29, 0.717) is 6.54 Å². The molecule has 0 radical (unpaired) electrons. The SMILES string of the molecule is O=C(NCC(=O)N(Cc1cccs1)C1CC1)c1cccc([N+](=O)[O-])c1. The van der Waals surface area contributed by atoms with Gasteiger partial charge in [0.2, 0.25) is 5.91 Å². The van der Waals surface area contributed by atoms with Crippen LogP contribution in [0.3, 0.4) is 0 Å². The topological polar surface area (TPSA) is 92.6 Å². The van der Waals surface area contributed by atoms with Crippen LogP contribution < -0.4 is 5.32 Å². The van der Waals surface area contributed by atoms with Crippen LogP contribution in [-0.2, 0) is 11.3 Å². The van der Waals surface area contributed by atoms with Crippen molar-refractivity contribution in [1.82, 2.24) is 10.2 Å². The number of nitro groups is 1. The Morgan fingerprint density at radius 2 is 2.08 bits per heavy atom. The summed E-state index contributed by atoms with van der Waals surface area (Å²) in [5.74, 6) is -0.640. The van der Waals surface area contributed by atoms with Crippen LogP contribution in [0.4, 0.5) is 5.69 Å². The minimum absolute atomic E-state index is 0.122. The molecule has 0 saturated heterocycles. The fourth-order valence-corrected chi connectivity index (χ4v) is 3.20. The van der Waals surface area contributed by atoms with Crippen LogP contribution in [0.2, 0.25) is 0 Å². The third kappa shape index (κ3) is 4.42. The van der Waals surface area contributed by atoms with Crippen molar-refractivity contribution in [2.24, 2.45) is 0 Å². The third-order valence-electron chi connectivity index (χ3n) is 3.93. The predicted octanol–water partition coefficient (Wildman–Crippen LogP) is 2.58. The van der Waals surface area contributed by atoms with Crippen molar-refractivity contribution in [2.75, 3.05) is 6.54 Å². The van der Waals surface area contributed by atoms with Gasteiger partial charge in [0.1, 0.15) is 0 Å². The second kappa shape index (κ2) is 7.43. The minimum atomic E-state index is -0.558. The highest BCUT2D eigenvalue weighted by Crippen LogP contribution is 2.29. The smallest absolute Gasteiger partial charge is 0.270 e. The van der Waals surface area contributed by atoms with Crippen molar-refractivity contribution in [2.45, 2.75) is 25.4 Å². The largest absolute Gasteiger partial charge is 0.343 e. The Kier molecular flexibility index (Phi) is 5.08. The molecule has 0 unspecified atom stereocenters. The number of amides is 2. The zero-order chi connectivity index (χ0) is 17.8. The number of nitrogens with zero attached hydrogens (tertiary/aromatic N) is 2. The van der Waals surface area contributed by atoms with E-state index in [1.165, 1.54) is 24.3 Å². The standard InChI is InChI=1S/C17H17N3O4S/c21-16(19(13-6-7-13)11-15-5-2-8-25-15)10-18-17(22)12-3-1-4-14(9-12)20(23)24/h1-5,8-9,13H,6-7,10-11H2,(H,18,22). The number of hydrogen-bond acceptors (Lipinski definition) is 5. The molecule has 1 heterocycles. The van der Waals surface area contributed by atoms with Crippen LogP contribution >= 0.6 is 11.3 Å². The van der Waals surface area contributed by atoms with Gasteiger partial charge in [0.15, 0.2) is 0 Å². The van der Waals surface area contributed by atoms with Gasteiger partial charge in [0, 0.05) is 28.6 Å². The molecule has 1 fully saturated rings. The number of thiophene rings is 1. The first kappa shape index (κ1) is 17.1. The van der Waals surface area contributed by atoms with Gasteiger partial charge in [0.05, 0.1) is 18.0 Å². The molecule has 3 rings (SSSR count). The molecule has 1 saturated carbocycles. The molecule has 0 aliphatic heterocycles. The summed E-state index contributed by atoms with van der Waals surface area (Å²) in [7, 11) is 0. The average molecular weight is 359 g/mol. The lowest BCUT2D eigenvalue weighted by molar-refractivity contribution is -0.384. The zero-order valence-electron chi connectivity index (χ0n) is 13.4. The van der Waals surface area contributed by atoms with Crippen molar-refractivity contribution in [3.05, 3.63) is 62.3 Å². The van der Waals surface area contributed by atoms with Crippen LogP contribution in [0, 0.1) is 10.1 Å². The van der Waals surface area contributed by atoms with Gasteiger partial charge in [-0.15, -0.1) is 11.3 Å². The Labute approximate surface area is 148 Å². The van der Waals surface area contributed by atoms with E-state index in [9.17, 15) is 19.7 Å². The fourth-order valence-electron chi connectivity index (χ4n) is 2.50. The van der Waals surface area contributed by atoms with Gasteiger partial charge in [-0.05, 0) is 30.4 Å². The van der Waals surface area contributed by atoms with Gasteiger partial charge < -0.3 is 10.2 Å². The molecule has 0 spiro atoms. The summed E-state index contributed by atoms with van der Waals surface area (Å²) in [6.07, 6.45) is 1.96. The van der Waals surface area contributed by atoms with Gasteiger partial charge >= 0.3 is 0 Å². The molecule has 1 aliphatic rings. The Hall–Kier alpha value is -2.74. The fraction of sp³-hybridized carbons (Fsp3) is 0.294. The Bertz CT molecular complexity index is 787. The van der Waals surface area contributed by atoms with E-state index in [4.69, 9.17) is 0 Å². The quantitative estimate of drug-likeness (QED) is 0.607. The van der Waals surface area contributed by atoms with E-state index >= 15 is 0 Å². The van der Waals surface area contributed by atoms with Crippen LogP contribution in [-0.4, -0.2) is 34.2 Å². The van der Waals surface area contributed by atoms with Crippen LogP contribution in [0.15, 0.2) is 41.8 Å². The third-order valence-corrected chi connectivity index (χ3v) is 4.79. The maximum atomic E-state index is 12.5. The van der Waals surface area contributed by atoms with E-state index in [1.54, 1.807) is 16.2 Å². The molecular weight excluding hydrogens is 342 g/mol. The summed E-state index contributed by atoms with van der Waals surface area (Å²) >= 11 is 1.59. The molecule has 2 amide bonds. The summed E-state index contributed by atoms with van der Waals surface area (Å²) in [4.78, 5) is 37.7. The highest BCUT2D eigenvalue weighted by Gasteiger charge is 2.32. The Morgan fingerprint density at radius 3 is 2.72 bits per heavy atom. The van der Waals surface area contributed by atoms with Gasteiger partial charge in [-0.2, -0.15) is 0 Å². The number of nitrogens with one attached hydrogen (secondary N) is 1. The lowest BCUT2D eigenvalue weighted by Crippen LogP contribution is -2.40. The molecule has 0 atom stereocenters. The van der Waals surface area contributed by atoms with E-state index in [1.807, 2.05) is 17.5 Å². The number of carbonyl (C=O) groups excluding carboxylic acids is 2. The number of rotatable bonds is 7. The normalized spacial score (nSPS) is 13.3. The van der Waals surface area contributed by atoms with Crippen molar-refractivity contribution in [3.63, 3.8) is 0 Å². The molecule has 1 N–H and O–H groups in total. The summed E-state index contributed by atoms with van der Waals surface area (Å²) in [5, 5.41) is 15.3. The van der Waals surface area contributed by atoms with Gasteiger partial charge in [0.25, 0.3) is 11.6 Å². The molecule has 8 heteroatoms. The molecule has 7 nitrogen and oxygen atoms in total. The van der Waals surface area contributed by atoms with E-state index in [2.05, 4.69) is 5.32 Å². The first-order chi connectivity index (χ1) is 12.0. The number of carbonyl (C=O) groups is 2. The van der Waals surface area contributed by atoms with E-state index in [-0.39, 0.29) is 29.7 Å². The van der Waals surface area contributed by atoms with Gasteiger partial charge in [-0.25, -0.2) is 0 Å². The molecule has 2 aromatic rings. The van der Waals surface area contributed by atoms with Crippen LogP contribution in [0.1, 0.15) is 28.1 Å². The second-order valence-electron chi connectivity index (χ2n) is 5.82. The van der Waals surface area contributed by atoms with Crippen LogP contribution in [0.5, 0.6) is 0 Å². The minimum Gasteiger partial charge on any atom is -0.343 e. The monoisotopic (exact) mass is 359 g/mol. The Balaban J connectivity index is 1.59. The van der Waals surface area contributed by atoms with Crippen molar-refractivity contribution in [3.8, 4) is 0 Å². The molecule has 1 aromatic carbocycles. The molecule has 25 heavy (non-hydrogen) atoms. The zero-order valence-corrected chi connectivity index (χ0v) is 14.2. The average Bonchev–Trinajstić information content (AvgIpc) is 3.33. The maximum Gasteiger partial charge on any atom is 0.270 e. The highest BCUT2D eigenvalue weighted by molar-refractivity contribution is 7.09. The summed E-state index contributed by atoms with van der Waals surface area (Å²) < 4.78 is 0. The van der Waals surface area contributed by atoms with Crippen molar-refractivity contribution in [1.29, 1.82) is 0 Å². The molecule has 0 bridgehead atoms. The van der Waals surface area contributed by atoms with Crippen LogP contribution in [0.25, 0.3) is 0 Å². The second-order valence-corrected chi connectivity index (χ2v) is 6.85. The lowest BCUT2D eigenvalue weighted by atomic mass is 10.2. The predicted molar refractivity (Wildman–Crippen MR) is 93.3 cm³/mol. The Morgan fingerprint density at radius 1 is 1.28 bits per heavy atom. The molecule has 1 aromatic heterocycles. The lowest BCUT2D eigenvalue weighted by Gasteiger charge is -2.22. The number of nitro benzene ring substituents is 1. The van der Waals surface area contributed by atoms with Gasteiger partial charge in [-0.3, -0.25) is 19.7 Å². The van der Waals surface area contributed by atoms with Crippen molar-refractivity contribution >= 4 is 28.8 Å². The summed E-state index contributed by atoms with van der Waals surface area (Å²) in [6, 6.07) is 9.61. The number of benzene rings is 1. The molecule has 1 aliphatic carbocycles. The van der Waals surface area contributed by atoms with Gasteiger partial charge in [-0.1, -0.05) is 12.1 Å². The maximum absolute atomic E-state index is 12.5. The number of hydrogen-bond donors (Lipinski definition) is 1. The first-order valence-electron chi connectivity index (χ1n) is 7.89. The first-order valence-corrected chi connectivity index (χ1v) is 8.77. The summed E-state index contributed by atoms with van der Waals surface area (Å²) in [5.41, 5.74) is 0.00880.